The van der Waals surface area contributed by atoms with Gasteiger partial charge in [-0.15, -0.1) is 0 Å². The number of nitro benzene ring substituents is 1. The van der Waals surface area contributed by atoms with Crippen molar-refractivity contribution in [1.29, 1.82) is 0 Å². The van der Waals surface area contributed by atoms with Crippen LogP contribution in [0.2, 0.25) is 0 Å². The first kappa shape index (κ1) is 16.0. The van der Waals surface area contributed by atoms with Gasteiger partial charge in [-0.2, -0.15) is 0 Å². The lowest BCUT2D eigenvalue weighted by Crippen LogP contribution is -2.07. The van der Waals surface area contributed by atoms with Crippen molar-refractivity contribution in [2.75, 3.05) is 7.11 Å². The summed E-state index contributed by atoms with van der Waals surface area (Å²) in [6.07, 6.45) is 0. The lowest BCUT2D eigenvalue weighted by molar-refractivity contribution is -0.385. The summed E-state index contributed by atoms with van der Waals surface area (Å²) < 4.78 is 30.8. The number of non-ortho nitro benzene ring substituents is 1. The van der Waals surface area contributed by atoms with E-state index in [1.807, 2.05) is 0 Å². The van der Waals surface area contributed by atoms with Crippen molar-refractivity contribution in [3.8, 4) is 5.75 Å². The van der Waals surface area contributed by atoms with E-state index in [1.54, 1.807) is 19.1 Å². The molecule has 0 aromatic heterocycles. The molecule has 0 spiro atoms. The third-order valence-electron chi connectivity index (χ3n) is 3.27. The van der Waals surface area contributed by atoms with Gasteiger partial charge in [-0.25, -0.2) is 8.42 Å². The second kappa shape index (κ2) is 5.76. The number of nitro groups is 1. The molecule has 0 fully saturated rings. The van der Waals surface area contributed by atoms with Gasteiger partial charge in [0.25, 0.3) is 5.69 Å². The third-order valence-corrected chi connectivity index (χ3v) is 5.20. The van der Waals surface area contributed by atoms with E-state index in [9.17, 15) is 18.5 Å². The predicted molar refractivity (Wildman–Crippen MR) is 81.0 cm³/mol. The zero-order valence-corrected chi connectivity index (χ0v) is 13.2. The average Bonchev–Trinajstić information content (AvgIpc) is 2.46. The van der Waals surface area contributed by atoms with Gasteiger partial charge in [0.15, 0.2) is 0 Å². The van der Waals surface area contributed by atoms with Gasteiger partial charge in [0.05, 0.1) is 16.9 Å². The van der Waals surface area contributed by atoms with Crippen LogP contribution in [0.3, 0.4) is 0 Å². The molecule has 2 aromatic carbocycles. The van der Waals surface area contributed by atoms with Crippen LogP contribution in [-0.2, 0) is 9.84 Å². The Hall–Kier alpha value is -2.41. The van der Waals surface area contributed by atoms with Crippen LogP contribution >= 0.6 is 0 Å². The van der Waals surface area contributed by atoms with Crippen molar-refractivity contribution < 1.29 is 18.1 Å². The second-order valence-electron chi connectivity index (χ2n) is 4.86. The normalized spacial score (nSPS) is 11.2. The van der Waals surface area contributed by atoms with Crippen LogP contribution in [-0.4, -0.2) is 20.5 Å². The molecule has 0 amide bonds. The zero-order valence-electron chi connectivity index (χ0n) is 12.4. The van der Waals surface area contributed by atoms with Gasteiger partial charge in [0.2, 0.25) is 9.84 Å². The molecule has 7 heteroatoms. The molecule has 0 saturated heterocycles. The fraction of sp³-hybridized carbons (Fsp3) is 0.200. The van der Waals surface area contributed by atoms with Gasteiger partial charge in [-0.05, 0) is 43.2 Å². The largest absolute Gasteiger partial charge is 0.495 e. The molecule has 116 valence electrons. The van der Waals surface area contributed by atoms with Crippen molar-refractivity contribution in [3.63, 3.8) is 0 Å². The van der Waals surface area contributed by atoms with Crippen molar-refractivity contribution in [2.45, 2.75) is 23.6 Å². The first-order valence-electron chi connectivity index (χ1n) is 6.42. The first-order chi connectivity index (χ1) is 10.3. The molecule has 0 N–H and O–H groups in total. The predicted octanol–water partition coefficient (Wildman–Crippen LogP) is 3.05. The number of methoxy groups -OCH3 is 1. The fourth-order valence-corrected chi connectivity index (χ4v) is 3.89. The molecule has 0 saturated carbocycles. The van der Waals surface area contributed by atoms with E-state index < -0.39 is 14.8 Å². The number of benzene rings is 2. The molecule has 0 aliphatic carbocycles. The molecule has 2 rings (SSSR count). The fourth-order valence-electron chi connectivity index (χ4n) is 2.16. The molecule has 0 bridgehead atoms. The van der Waals surface area contributed by atoms with Crippen LogP contribution < -0.4 is 4.74 Å². The Bertz CT molecular complexity index is 843. The number of rotatable bonds is 4. The van der Waals surface area contributed by atoms with Crippen molar-refractivity contribution in [3.05, 3.63) is 57.6 Å². The lowest BCUT2D eigenvalue weighted by atomic mass is 10.2. The minimum atomic E-state index is -3.82. The summed E-state index contributed by atoms with van der Waals surface area (Å²) in [7, 11) is -2.43. The highest BCUT2D eigenvalue weighted by molar-refractivity contribution is 7.91. The molecule has 0 aliphatic rings. The van der Waals surface area contributed by atoms with Crippen molar-refractivity contribution in [1.82, 2.24) is 0 Å². The molecule has 0 unspecified atom stereocenters. The number of ether oxygens (including phenoxy) is 1. The van der Waals surface area contributed by atoms with Crippen molar-refractivity contribution in [2.24, 2.45) is 0 Å². The zero-order chi connectivity index (χ0) is 16.5. The summed E-state index contributed by atoms with van der Waals surface area (Å²) in [5.41, 5.74) is 0.948. The standard InChI is InChI=1S/C15H15NO5S/c1-10-4-6-13(21-3)15(8-10)22(19,20)14-7-5-12(16(17)18)9-11(14)2/h4-9H,1-3H3. The van der Waals surface area contributed by atoms with Crippen LogP contribution in [0.25, 0.3) is 0 Å². The molecule has 0 radical (unpaired) electrons. The molecule has 6 nitrogen and oxygen atoms in total. The second-order valence-corrected chi connectivity index (χ2v) is 6.75. The maximum absolute atomic E-state index is 12.8. The van der Waals surface area contributed by atoms with E-state index in [2.05, 4.69) is 0 Å². The monoisotopic (exact) mass is 321 g/mol. The van der Waals surface area contributed by atoms with Crippen molar-refractivity contribution >= 4 is 15.5 Å². The Labute approximate surface area is 128 Å². The summed E-state index contributed by atoms with van der Waals surface area (Å²) in [6, 6.07) is 8.54. The third kappa shape index (κ3) is 2.80. The Morgan fingerprint density at radius 3 is 2.27 bits per heavy atom. The minimum absolute atomic E-state index is 0.0296. The van der Waals surface area contributed by atoms with Crippen LogP contribution in [0.4, 0.5) is 5.69 Å². The Kier molecular flexibility index (Phi) is 4.18. The van der Waals surface area contributed by atoms with Crippen LogP contribution in [0, 0.1) is 24.0 Å². The van der Waals surface area contributed by atoms with E-state index in [1.165, 1.54) is 38.3 Å². The van der Waals surface area contributed by atoms with Gasteiger partial charge in [0.1, 0.15) is 10.6 Å². The summed E-state index contributed by atoms with van der Waals surface area (Å²) in [6.45, 7) is 3.31. The molecular weight excluding hydrogens is 306 g/mol. The molecule has 0 heterocycles. The smallest absolute Gasteiger partial charge is 0.269 e. The first-order valence-corrected chi connectivity index (χ1v) is 7.90. The van der Waals surface area contributed by atoms with E-state index >= 15 is 0 Å². The van der Waals surface area contributed by atoms with Gasteiger partial charge >= 0.3 is 0 Å². The number of hydrogen-bond donors (Lipinski definition) is 0. The Morgan fingerprint density at radius 1 is 1.05 bits per heavy atom. The molecule has 22 heavy (non-hydrogen) atoms. The topological polar surface area (TPSA) is 86.5 Å². The Balaban J connectivity index is 2.66. The lowest BCUT2D eigenvalue weighted by Gasteiger charge is -2.12. The number of aryl methyl sites for hydroxylation is 2. The van der Waals surface area contributed by atoms with Gasteiger partial charge in [0, 0.05) is 12.1 Å². The summed E-state index contributed by atoms with van der Waals surface area (Å²) in [5.74, 6) is 0.239. The highest BCUT2D eigenvalue weighted by Gasteiger charge is 2.25. The number of sulfone groups is 1. The SMILES string of the molecule is COc1ccc(C)cc1S(=O)(=O)c1ccc([N+](=O)[O-])cc1C. The molecular formula is C15H15NO5S. The molecule has 2 aromatic rings. The highest BCUT2D eigenvalue weighted by atomic mass is 32.2. The molecule has 0 aliphatic heterocycles. The van der Waals surface area contributed by atoms with Crippen LogP contribution in [0.5, 0.6) is 5.75 Å². The summed E-state index contributed by atoms with van der Waals surface area (Å²) in [4.78, 5) is 10.3. The summed E-state index contributed by atoms with van der Waals surface area (Å²) in [5, 5.41) is 10.8. The number of nitrogens with zero attached hydrogens (tertiary/aromatic N) is 1. The van der Waals surface area contributed by atoms with Gasteiger partial charge < -0.3 is 4.74 Å². The van der Waals surface area contributed by atoms with Gasteiger partial charge in [-0.1, -0.05) is 6.07 Å². The quantitative estimate of drug-likeness (QED) is 0.638. The van der Waals surface area contributed by atoms with E-state index in [0.717, 1.165) is 5.56 Å². The van der Waals surface area contributed by atoms with E-state index in [0.29, 0.717) is 5.56 Å². The average molecular weight is 321 g/mol. The van der Waals surface area contributed by atoms with E-state index in [4.69, 9.17) is 4.74 Å². The number of hydrogen-bond acceptors (Lipinski definition) is 5. The Morgan fingerprint density at radius 2 is 1.73 bits per heavy atom. The van der Waals surface area contributed by atoms with Crippen LogP contribution in [0.15, 0.2) is 46.2 Å². The maximum atomic E-state index is 12.8. The van der Waals surface area contributed by atoms with Gasteiger partial charge in [-0.3, -0.25) is 10.1 Å². The maximum Gasteiger partial charge on any atom is 0.269 e. The minimum Gasteiger partial charge on any atom is -0.495 e. The highest BCUT2D eigenvalue weighted by Crippen LogP contribution is 2.32. The molecule has 0 atom stereocenters. The summed E-state index contributed by atoms with van der Waals surface area (Å²) >= 11 is 0. The van der Waals surface area contributed by atoms with E-state index in [-0.39, 0.29) is 21.2 Å². The van der Waals surface area contributed by atoms with Crippen LogP contribution in [0.1, 0.15) is 11.1 Å².